The van der Waals surface area contributed by atoms with Crippen molar-refractivity contribution in [1.29, 1.82) is 0 Å². The maximum absolute atomic E-state index is 12.7. The minimum absolute atomic E-state index is 0.0168. The van der Waals surface area contributed by atoms with Gasteiger partial charge < -0.3 is 10.6 Å². The predicted molar refractivity (Wildman–Crippen MR) is 79.4 cm³/mol. The first-order valence-corrected chi connectivity index (χ1v) is 7.38. The lowest BCUT2D eigenvalue weighted by atomic mass is 10.1. The maximum atomic E-state index is 12.7. The summed E-state index contributed by atoms with van der Waals surface area (Å²) in [6.07, 6.45) is 5.51. The smallest absolute Gasteiger partial charge is 0.257 e. The molecule has 1 atom stereocenters. The molecule has 4 heteroatoms. The van der Waals surface area contributed by atoms with E-state index in [1.807, 2.05) is 4.90 Å². The second-order valence-electron chi connectivity index (χ2n) is 5.11. The van der Waals surface area contributed by atoms with Crippen molar-refractivity contribution in [3.63, 3.8) is 0 Å². The fourth-order valence-electron chi connectivity index (χ4n) is 2.78. The number of halogens is 1. The largest absolute Gasteiger partial charge is 0.398 e. The molecular formula is C15H21ClN2O. The maximum Gasteiger partial charge on any atom is 0.257 e. The predicted octanol–water partition coefficient (Wildman–Crippen LogP) is 3.72. The molecule has 104 valence electrons. The van der Waals surface area contributed by atoms with Gasteiger partial charge in [-0.05, 0) is 31.4 Å². The Morgan fingerprint density at radius 3 is 2.89 bits per heavy atom. The molecule has 0 aliphatic carbocycles. The highest BCUT2D eigenvalue weighted by Gasteiger charge is 2.27. The highest BCUT2D eigenvalue weighted by atomic mass is 35.5. The molecule has 1 aliphatic heterocycles. The first-order valence-electron chi connectivity index (χ1n) is 7.00. The van der Waals surface area contributed by atoms with Gasteiger partial charge in [-0.1, -0.05) is 37.4 Å². The number of benzene rings is 1. The standard InChI is InChI=1S/C15H21ClN2O/c1-2-11-7-4-3-5-10-18(11)15(19)14-12(16)8-6-9-13(14)17/h6,8-9,11H,2-5,7,10,17H2,1H3. The van der Waals surface area contributed by atoms with Crippen LogP contribution in [0.25, 0.3) is 0 Å². The number of amides is 1. The van der Waals surface area contributed by atoms with Gasteiger partial charge in [-0.25, -0.2) is 0 Å². The zero-order valence-electron chi connectivity index (χ0n) is 11.4. The van der Waals surface area contributed by atoms with E-state index < -0.39 is 0 Å². The Labute approximate surface area is 119 Å². The van der Waals surface area contributed by atoms with Crippen LogP contribution in [0.2, 0.25) is 5.02 Å². The van der Waals surface area contributed by atoms with Gasteiger partial charge in [0.25, 0.3) is 5.91 Å². The molecule has 3 nitrogen and oxygen atoms in total. The molecule has 1 aliphatic rings. The van der Waals surface area contributed by atoms with E-state index in [9.17, 15) is 4.79 Å². The summed E-state index contributed by atoms with van der Waals surface area (Å²) >= 11 is 6.15. The summed E-state index contributed by atoms with van der Waals surface area (Å²) < 4.78 is 0. The number of hydrogen-bond acceptors (Lipinski definition) is 2. The van der Waals surface area contributed by atoms with Crippen LogP contribution < -0.4 is 5.73 Å². The number of rotatable bonds is 2. The van der Waals surface area contributed by atoms with Gasteiger partial charge in [0.2, 0.25) is 0 Å². The summed E-state index contributed by atoms with van der Waals surface area (Å²) in [6.45, 7) is 2.94. The summed E-state index contributed by atoms with van der Waals surface area (Å²) in [5.74, 6) is -0.0168. The Morgan fingerprint density at radius 1 is 1.42 bits per heavy atom. The third kappa shape index (κ3) is 3.03. The molecule has 2 rings (SSSR count). The van der Waals surface area contributed by atoms with E-state index in [2.05, 4.69) is 6.92 Å². The molecule has 2 N–H and O–H groups in total. The molecule has 0 spiro atoms. The fourth-order valence-corrected chi connectivity index (χ4v) is 3.04. The number of nitrogens with two attached hydrogens (primary N) is 1. The Kier molecular flexibility index (Phi) is 4.70. The topological polar surface area (TPSA) is 46.3 Å². The molecule has 1 fully saturated rings. The van der Waals surface area contributed by atoms with E-state index in [-0.39, 0.29) is 5.91 Å². The Bertz CT molecular complexity index is 441. The molecule has 0 saturated carbocycles. The highest BCUT2D eigenvalue weighted by molar-refractivity contribution is 6.34. The number of hydrogen-bond donors (Lipinski definition) is 1. The zero-order chi connectivity index (χ0) is 13.8. The third-order valence-electron chi connectivity index (χ3n) is 3.87. The molecule has 0 aromatic heterocycles. The van der Waals surface area contributed by atoms with Crippen molar-refractivity contribution >= 4 is 23.2 Å². The molecule has 1 saturated heterocycles. The third-order valence-corrected chi connectivity index (χ3v) is 4.18. The second kappa shape index (κ2) is 6.29. The van der Waals surface area contributed by atoms with E-state index in [1.54, 1.807) is 18.2 Å². The van der Waals surface area contributed by atoms with Crippen LogP contribution in [-0.4, -0.2) is 23.4 Å². The van der Waals surface area contributed by atoms with Crippen LogP contribution in [0.1, 0.15) is 49.4 Å². The van der Waals surface area contributed by atoms with Gasteiger partial charge >= 0.3 is 0 Å². The molecule has 1 aromatic rings. The Hall–Kier alpha value is -1.22. The van der Waals surface area contributed by atoms with E-state index in [4.69, 9.17) is 17.3 Å². The number of likely N-dealkylation sites (tertiary alicyclic amines) is 1. The van der Waals surface area contributed by atoms with Crippen LogP contribution in [-0.2, 0) is 0 Å². The second-order valence-corrected chi connectivity index (χ2v) is 5.52. The van der Waals surface area contributed by atoms with Gasteiger partial charge in [0, 0.05) is 18.3 Å². The zero-order valence-corrected chi connectivity index (χ0v) is 12.1. The van der Waals surface area contributed by atoms with Crippen molar-refractivity contribution in [3.05, 3.63) is 28.8 Å². The average Bonchev–Trinajstić information content (AvgIpc) is 2.63. The number of carbonyl (C=O) groups is 1. The van der Waals surface area contributed by atoms with Crippen molar-refractivity contribution < 1.29 is 4.79 Å². The van der Waals surface area contributed by atoms with Gasteiger partial charge in [-0.15, -0.1) is 0 Å². The normalized spacial score (nSPS) is 20.1. The summed E-state index contributed by atoms with van der Waals surface area (Å²) in [4.78, 5) is 14.7. The lowest BCUT2D eigenvalue weighted by molar-refractivity contribution is 0.0679. The van der Waals surface area contributed by atoms with E-state index in [1.165, 1.54) is 12.8 Å². The summed E-state index contributed by atoms with van der Waals surface area (Å²) in [6, 6.07) is 5.54. The Morgan fingerprint density at radius 2 is 2.21 bits per heavy atom. The van der Waals surface area contributed by atoms with Gasteiger partial charge in [0.15, 0.2) is 0 Å². The van der Waals surface area contributed by atoms with Crippen molar-refractivity contribution in [2.45, 2.75) is 45.1 Å². The number of nitrogen functional groups attached to an aromatic ring is 1. The minimum Gasteiger partial charge on any atom is -0.398 e. The van der Waals surface area contributed by atoms with Crippen molar-refractivity contribution in [2.75, 3.05) is 12.3 Å². The monoisotopic (exact) mass is 280 g/mol. The number of anilines is 1. The summed E-state index contributed by atoms with van der Waals surface area (Å²) in [5, 5.41) is 0.448. The SMILES string of the molecule is CCC1CCCCCN1C(=O)c1c(N)cccc1Cl. The van der Waals surface area contributed by atoms with Crippen molar-refractivity contribution in [3.8, 4) is 0 Å². The first kappa shape index (κ1) is 14.2. The van der Waals surface area contributed by atoms with Crippen LogP contribution in [0, 0.1) is 0 Å². The van der Waals surface area contributed by atoms with Crippen LogP contribution in [0.15, 0.2) is 18.2 Å². The lowest BCUT2D eigenvalue weighted by Crippen LogP contribution is -2.40. The van der Waals surface area contributed by atoms with E-state index in [0.29, 0.717) is 22.3 Å². The molecule has 1 amide bonds. The van der Waals surface area contributed by atoms with Crippen molar-refractivity contribution in [1.82, 2.24) is 4.90 Å². The summed E-state index contributed by atoms with van der Waals surface area (Å²) in [5.41, 5.74) is 6.85. The molecule has 1 heterocycles. The average molecular weight is 281 g/mol. The molecule has 1 unspecified atom stereocenters. The quantitative estimate of drug-likeness (QED) is 0.839. The lowest BCUT2D eigenvalue weighted by Gasteiger charge is -2.30. The minimum atomic E-state index is -0.0168. The molecule has 1 aromatic carbocycles. The molecule has 0 bridgehead atoms. The van der Waals surface area contributed by atoms with Gasteiger partial charge in [0.1, 0.15) is 0 Å². The highest BCUT2D eigenvalue weighted by Crippen LogP contribution is 2.27. The first-order chi connectivity index (χ1) is 9.15. The van der Waals surface area contributed by atoms with Crippen LogP contribution in [0.4, 0.5) is 5.69 Å². The van der Waals surface area contributed by atoms with Crippen LogP contribution in [0.3, 0.4) is 0 Å². The fraction of sp³-hybridized carbons (Fsp3) is 0.533. The number of carbonyl (C=O) groups excluding carboxylic acids is 1. The van der Waals surface area contributed by atoms with Gasteiger partial charge in [-0.2, -0.15) is 0 Å². The molecular weight excluding hydrogens is 260 g/mol. The summed E-state index contributed by atoms with van der Waals surface area (Å²) in [7, 11) is 0. The Balaban J connectivity index is 2.30. The molecule has 0 radical (unpaired) electrons. The van der Waals surface area contributed by atoms with Gasteiger partial charge in [0.05, 0.1) is 10.6 Å². The van der Waals surface area contributed by atoms with E-state index in [0.717, 1.165) is 25.8 Å². The van der Waals surface area contributed by atoms with Crippen LogP contribution in [0.5, 0.6) is 0 Å². The molecule has 19 heavy (non-hydrogen) atoms. The van der Waals surface area contributed by atoms with Gasteiger partial charge in [-0.3, -0.25) is 4.79 Å². The van der Waals surface area contributed by atoms with Crippen molar-refractivity contribution in [2.24, 2.45) is 0 Å². The number of nitrogens with zero attached hydrogens (tertiary/aromatic N) is 1. The van der Waals surface area contributed by atoms with Crippen LogP contribution >= 0.6 is 11.6 Å². The van der Waals surface area contributed by atoms with E-state index >= 15 is 0 Å².